The van der Waals surface area contributed by atoms with Crippen molar-refractivity contribution in [3.05, 3.63) is 5.69 Å². The molecule has 3 rings (SSSR count). The number of piperidine rings is 1. The summed E-state index contributed by atoms with van der Waals surface area (Å²) in [7, 11) is 1.94. The zero-order valence-corrected chi connectivity index (χ0v) is 11.0. The Morgan fingerprint density at radius 3 is 2.33 bits per heavy atom. The predicted molar refractivity (Wildman–Crippen MR) is 68.4 cm³/mol. The molecular weight excluding hydrogens is 232 g/mol. The van der Waals surface area contributed by atoms with Crippen LogP contribution in [0.5, 0.6) is 0 Å². The van der Waals surface area contributed by atoms with Crippen molar-refractivity contribution < 1.29 is 9.47 Å². The standard InChI is InChI=1S/C12H20N4O2/c1-9-10(13)11(15(2)14-9)16-5-3-12(4-6-16)17-7-8-18-12/h3-8,13H2,1-2H3. The highest BCUT2D eigenvalue weighted by atomic mass is 16.7. The fourth-order valence-corrected chi connectivity index (χ4v) is 2.88. The normalized spacial score (nSPS) is 22.9. The first kappa shape index (κ1) is 11.8. The number of hydrogen-bond donors (Lipinski definition) is 1. The Hall–Kier alpha value is -1.27. The molecular formula is C12H20N4O2. The van der Waals surface area contributed by atoms with Gasteiger partial charge in [-0.25, -0.2) is 0 Å². The second-order valence-electron chi connectivity index (χ2n) is 5.04. The number of nitrogens with zero attached hydrogens (tertiary/aromatic N) is 3. The summed E-state index contributed by atoms with van der Waals surface area (Å²) in [6, 6.07) is 0. The lowest BCUT2D eigenvalue weighted by Crippen LogP contribution is -2.45. The van der Waals surface area contributed by atoms with E-state index in [0.717, 1.165) is 43.1 Å². The molecule has 0 unspecified atom stereocenters. The van der Waals surface area contributed by atoms with Gasteiger partial charge in [-0.2, -0.15) is 5.10 Å². The summed E-state index contributed by atoms with van der Waals surface area (Å²) >= 11 is 0. The van der Waals surface area contributed by atoms with E-state index < -0.39 is 0 Å². The molecule has 2 N–H and O–H groups in total. The van der Waals surface area contributed by atoms with Gasteiger partial charge in [0.2, 0.25) is 0 Å². The molecule has 1 aromatic heterocycles. The molecule has 1 spiro atoms. The topological polar surface area (TPSA) is 65.5 Å². The highest BCUT2D eigenvalue weighted by Gasteiger charge is 2.40. The zero-order valence-electron chi connectivity index (χ0n) is 11.0. The molecule has 6 nitrogen and oxygen atoms in total. The zero-order chi connectivity index (χ0) is 12.8. The number of ether oxygens (including phenoxy) is 2. The van der Waals surface area contributed by atoms with E-state index in [9.17, 15) is 0 Å². The van der Waals surface area contributed by atoms with Gasteiger partial charge < -0.3 is 20.1 Å². The lowest BCUT2D eigenvalue weighted by atomic mass is 10.0. The lowest BCUT2D eigenvalue weighted by molar-refractivity contribution is -0.169. The van der Waals surface area contributed by atoms with Crippen LogP contribution in [0.3, 0.4) is 0 Å². The maximum atomic E-state index is 6.09. The van der Waals surface area contributed by atoms with E-state index in [0.29, 0.717) is 13.2 Å². The Labute approximate surface area is 107 Å². The van der Waals surface area contributed by atoms with Crippen molar-refractivity contribution in [1.82, 2.24) is 9.78 Å². The van der Waals surface area contributed by atoms with Gasteiger partial charge in [-0.1, -0.05) is 0 Å². The molecule has 0 amide bonds. The summed E-state index contributed by atoms with van der Waals surface area (Å²) in [6.45, 7) is 5.15. The van der Waals surface area contributed by atoms with Crippen molar-refractivity contribution in [1.29, 1.82) is 0 Å². The van der Waals surface area contributed by atoms with Crippen LogP contribution >= 0.6 is 0 Å². The van der Waals surface area contributed by atoms with Crippen LogP contribution in [0, 0.1) is 6.92 Å². The monoisotopic (exact) mass is 252 g/mol. The van der Waals surface area contributed by atoms with Gasteiger partial charge in [-0.15, -0.1) is 0 Å². The van der Waals surface area contributed by atoms with Gasteiger partial charge in [0, 0.05) is 33.0 Å². The van der Waals surface area contributed by atoms with Gasteiger partial charge in [0.05, 0.1) is 24.6 Å². The summed E-state index contributed by atoms with van der Waals surface area (Å²) in [6.07, 6.45) is 1.77. The van der Waals surface area contributed by atoms with E-state index in [1.807, 2.05) is 18.7 Å². The third-order valence-corrected chi connectivity index (χ3v) is 3.88. The van der Waals surface area contributed by atoms with E-state index in [4.69, 9.17) is 15.2 Å². The average molecular weight is 252 g/mol. The largest absolute Gasteiger partial charge is 0.394 e. The molecule has 2 fully saturated rings. The van der Waals surface area contributed by atoms with Crippen LogP contribution < -0.4 is 10.6 Å². The molecule has 0 aromatic carbocycles. The van der Waals surface area contributed by atoms with Crippen LogP contribution in [0.1, 0.15) is 18.5 Å². The minimum atomic E-state index is -0.334. The molecule has 18 heavy (non-hydrogen) atoms. The Balaban J connectivity index is 1.76. The molecule has 1 aromatic rings. The molecule has 0 aliphatic carbocycles. The fraction of sp³-hybridized carbons (Fsp3) is 0.750. The van der Waals surface area contributed by atoms with Gasteiger partial charge in [0.1, 0.15) is 5.82 Å². The smallest absolute Gasteiger partial charge is 0.171 e. The number of nitrogens with two attached hydrogens (primary N) is 1. The van der Waals surface area contributed by atoms with E-state index in [1.54, 1.807) is 0 Å². The second kappa shape index (κ2) is 4.13. The van der Waals surface area contributed by atoms with Crippen LogP contribution in [0.25, 0.3) is 0 Å². The van der Waals surface area contributed by atoms with Crippen molar-refractivity contribution in [3.8, 4) is 0 Å². The van der Waals surface area contributed by atoms with Crippen LogP contribution in [-0.4, -0.2) is 41.9 Å². The number of hydrogen-bond acceptors (Lipinski definition) is 5. The minimum absolute atomic E-state index is 0.334. The van der Waals surface area contributed by atoms with Gasteiger partial charge >= 0.3 is 0 Å². The van der Waals surface area contributed by atoms with Crippen LogP contribution in [0.4, 0.5) is 11.5 Å². The van der Waals surface area contributed by atoms with Gasteiger partial charge in [0.15, 0.2) is 5.79 Å². The summed E-state index contributed by atoms with van der Waals surface area (Å²) in [5.41, 5.74) is 7.76. The Morgan fingerprint density at radius 2 is 1.83 bits per heavy atom. The maximum absolute atomic E-state index is 6.09. The molecule has 100 valence electrons. The van der Waals surface area contributed by atoms with Crippen molar-refractivity contribution in [2.24, 2.45) is 7.05 Å². The highest BCUT2D eigenvalue weighted by molar-refractivity contribution is 5.66. The van der Waals surface area contributed by atoms with Crippen LogP contribution in [0.2, 0.25) is 0 Å². The number of anilines is 2. The number of rotatable bonds is 1. The molecule has 6 heteroatoms. The summed E-state index contributed by atoms with van der Waals surface area (Å²) in [5, 5.41) is 4.36. The molecule has 0 radical (unpaired) electrons. The Kier molecular flexibility index (Phi) is 2.71. The molecule has 0 bridgehead atoms. The molecule has 2 aliphatic heterocycles. The second-order valence-corrected chi connectivity index (χ2v) is 5.04. The quantitative estimate of drug-likeness (QED) is 0.795. The Bertz CT molecular complexity index is 441. The first-order chi connectivity index (χ1) is 8.61. The number of nitrogen functional groups attached to an aromatic ring is 1. The SMILES string of the molecule is Cc1nn(C)c(N2CCC3(CC2)OCCO3)c1N. The molecule has 0 atom stereocenters. The summed E-state index contributed by atoms with van der Waals surface area (Å²) in [4.78, 5) is 2.27. The summed E-state index contributed by atoms with van der Waals surface area (Å²) in [5.74, 6) is 0.680. The average Bonchev–Trinajstić information content (AvgIpc) is 2.89. The molecule has 0 saturated carbocycles. The van der Waals surface area contributed by atoms with Crippen molar-refractivity contribution >= 4 is 11.5 Å². The summed E-state index contributed by atoms with van der Waals surface area (Å²) < 4.78 is 13.3. The first-order valence-corrected chi connectivity index (χ1v) is 6.43. The molecule has 2 aliphatic rings. The molecule has 2 saturated heterocycles. The highest BCUT2D eigenvalue weighted by Crippen LogP contribution is 2.35. The lowest BCUT2D eigenvalue weighted by Gasteiger charge is -2.38. The van der Waals surface area contributed by atoms with Gasteiger partial charge in [-0.3, -0.25) is 4.68 Å². The minimum Gasteiger partial charge on any atom is -0.394 e. The molecule has 3 heterocycles. The number of aryl methyl sites for hydroxylation is 2. The van der Waals surface area contributed by atoms with E-state index in [1.165, 1.54) is 0 Å². The maximum Gasteiger partial charge on any atom is 0.171 e. The van der Waals surface area contributed by atoms with Crippen LogP contribution in [0.15, 0.2) is 0 Å². The van der Waals surface area contributed by atoms with Crippen molar-refractivity contribution in [2.75, 3.05) is 36.9 Å². The Morgan fingerprint density at radius 1 is 1.22 bits per heavy atom. The number of aromatic nitrogens is 2. The predicted octanol–water partition coefficient (Wildman–Crippen LogP) is 0.654. The van der Waals surface area contributed by atoms with Crippen molar-refractivity contribution in [3.63, 3.8) is 0 Å². The van der Waals surface area contributed by atoms with Crippen LogP contribution in [-0.2, 0) is 16.5 Å². The van der Waals surface area contributed by atoms with E-state index in [-0.39, 0.29) is 5.79 Å². The first-order valence-electron chi connectivity index (χ1n) is 6.43. The van der Waals surface area contributed by atoms with Gasteiger partial charge in [-0.05, 0) is 6.92 Å². The third-order valence-electron chi connectivity index (χ3n) is 3.88. The van der Waals surface area contributed by atoms with E-state index in [2.05, 4.69) is 10.00 Å². The third kappa shape index (κ3) is 1.76. The van der Waals surface area contributed by atoms with E-state index >= 15 is 0 Å². The van der Waals surface area contributed by atoms with Gasteiger partial charge in [0.25, 0.3) is 0 Å². The fourth-order valence-electron chi connectivity index (χ4n) is 2.88. The van der Waals surface area contributed by atoms with Crippen molar-refractivity contribution in [2.45, 2.75) is 25.6 Å².